The fraction of sp³-hybridized carbons (Fsp3) is 0.317. The molecule has 43 heavy (non-hydrogen) atoms. The molecule has 1 fully saturated rings. The molecule has 4 aromatic rings. The molecule has 0 bridgehead atoms. The van der Waals surface area contributed by atoms with E-state index in [1.807, 2.05) is 0 Å². The summed E-state index contributed by atoms with van der Waals surface area (Å²) < 4.78 is 7.01. The van der Waals surface area contributed by atoms with Crippen LogP contribution < -0.4 is 0 Å². The molecule has 0 heterocycles. The summed E-state index contributed by atoms with van der Waals surface area (Å²) in [5.41, 5.74) is 14.7. The van der Waals surface area contributed by atoms with Crippen LogP contribution in [0.1, 0.15) is 72.8 Å². The summed E-state index contributed by atoms with van der Waals surface area (Å²) in [6.45, 7) is 7.18. The first kappa shape index (κ1) is 29.2. The van der Waals surface area contributed by atoms with Gasteiger partial charge >= 0.3 is 262 Å². The van der Waals surface area contributed by atoms with Crippen molar-refractivity contribution in [3.63, 3.8) is 0 Å². The van der Waals surface area contributed by atoms with Gasteiger partial charge in [0, 0.05) is 0 Å². The minimum absolute atomic E-state index is 0.585. The molecule has 0 aromatic heterocycles. The summed E-state index contributed by atoms with van der Waals surface area (Å²) in [5, 5.41) is 0. The minimum atomic E-state index is -3.86. The van der Waals surface area contributed by atoms with E-state index >= 15 is 0 Å². The molecule has 7 rings (SSSR count). The van der Waals surface area contributed by atoms with E-state index in [1.54, 1.807) is 11.1 Å². The van der Waals surface area contributed by atoms with Gasteiger partial charge in [0.25, 0.3) is 0 Å². The molecule has 0 N–H and O–H groups in total. The van der Waals surface area contributed by atoms with E-state index in [0.717, 1.165) is 5.54 Å². The first-order chi connectivity index (χ1) is 20.7. The van der Waals surface area contributed by atoms with Crippen molar-refractivity contribution in [3.8, 4) is 22.3 Å². The van der Waals surface area contributed by atoms with Gasteiger partial charge in [0.2, 0.25) is 0 Å². The average molecular weight is 745 g/mol. The molecular formula is C41H46HfSi. The number of allylic oxidation sites excluding steroid dienone is 2. The SMILES string of the molecule is Cc1ccc(-c2cccc3c2C=C[CH]3[Hf]([CH3])([CH3])([CH]2C=Cc3c(-c4ccc(C)cc4)cccc32)=[Si](C)C2CCCCC2)cc1. The summed E-state index contributed by atoms with van der Waals surface area (Å²) in [7, 11) is 0. The van der Waals surface area contributed by atoms with Crippen LogP contribution in [0.5, 0.6) is 0 Å². The first-order valence-electron chi connectivity index (χ1n) is 16.6. The molecule has 2 heteroatoms. The van der Waals surface area contributed by atoms with Gasteiger partial charge in [-0.05, 0) is 0 Å². The molecule has 0 aliphatic heterocycles. The van der Waals surface area contributed by atoms with Crippen molar-refractivity contribution in [1.82, 2.24) is 0 Å². The summed E-state index contributed by atoms with van der Waals surface area (Å²) in [6.07, 6.45) is 17.7. The van der Waals surface area contributed by atoms with Crippen molar-refractivity contribution in [2.24, 2.45) is 0 Å². The Hall–Kier alpha value is -2.55. The zero-order chi connectivity index (χ0) is 29.8. The van der Waals surface area contributed by atoms with Gasteiger partial charge in [-0.1, -0.05) is 0 Å². The molecule has 1 saturated carbocycles. The maximum absolute atomic E-state index is 3.86. The predicted molar refractivity (Wildman–Crippen MR) is 187 cm³/mol. The molecular weight excluding hydrogens is 699 g/mol. The van der Waals surface area contributed by atoms with Crippen molar-refractivity contribution in [2.45, 2.75) is 74.7 Å². The average Bonchev–Trinajstić information content (AvgIpc) is 3.68. The fourth-order valence-corrected chi connectivity index (χ4v) is 59.3. The molecule has 0 nitrogen and oxygen atoms in total. The predicted octanol–water partition coefficient (Wildman–Crippen LogP) is 12.2. The number of aryl methyl sites for hydroxylation is 2. The van der Waals surface area contributed by atoms with Gasteiger partial charge in [0.05, 0.1) is 0 Å². The molecule has 0 spiro atoms. The van der Waals surface area contributed by atoms with E-state index in [2.05, 4.69) is 139 Å². The number of hydrogen-bond acceptors (Lipinski definition) is 0. The number of hydrogen-bond donors (Lipinski definition) is 0. The molecule has 2 atom stereocenters. The monoisotopic (exact) mass is 746 g/mol. The van der Waals surface area contributed by atoms with E-state index in [-0.39, 0.29) is 0 Å². The molecule has 0 amide bonds. The third-order valence-electron chi connectivity index (χ3n) is 12.0. The van der Waals surface area contributed by atoms with Crippen molar-refractivity contribution in [1.29, 1.82) is 0 Å². The molecule has 3 aliphatic rings. The van der Waals surface area contributed by atoms with Gasteiger partial charge < -0.3 is 0 Å². The third kappa shape index (κ3) is 4.79. The summed E-state index contributed by atoms with van der Waals surface area (Å²) in [4.78, 5) is 0. The van der Waals surface area contributed by atoms with E-state index in [0.29, 0.717) is 7.35 Å². The standard InChI is InChI=1S/2C16H13.C7H14Si.2CH3.Hf/c2*1-12-8-10-14(11-9-12)16-7-3-5-13-4-2-6-15(13)16;1-8-7-5-3-2-4-6-7;;;/h2*2-11H,1H3;7H,2-6H2,1H3;2*1H3;. The summed E-state index contributed by atoms with van der Waals surface area (Å²) >= 11 is -3.86. The second-order valence-electron chi connectivity index (χ2n) is 14.7. The molecule has 2 unspecified atom stereocenters. The van der Waals surface area contributed by atoms with Gasteiger partial charge in [-0.15, -0.1) is 0 Å². The summed E-state index contributed by atoms with van der Waals surface area (Å²) in [5.74, 6) is 0. The topological polar surface area (TPSA) is 0 Å². The van der Waals surface area contributed by atoms with Gasteiger partial charge in [-0.3, -0.25) is 0 Å². The normalized spacial score (nSPS) is 19.9. The molecule has 3 aliphatic carbocycles. The van der Waals surface area contributed by atoms with Gasteiger partial charge in [0.15, 0.2) is 0 Å². The van der Waals surface area contributed by atoms with Crippen LogP contribution in [0.3, 0.4) is 0 Å². The van der Waals surface area contributed by atoms with Crippen molar-refractivity contribution < 1.29 is 17.1 Å². The zero-order valence-electron chi connectivity index (χ0n) is 26.7. The van der Waals surface area contributed by atoms with Crippen LogP contribution in [-0.2, 0) is 17.1 Å². The fourth-order valence-electron chi connectivity index (χ4n) is 9.06. The Morgan fingerprint density at radius 1 is 0.581 bits per heavy atom. The van der Waals surface area contributed by atoms with Gasteiger partial charge in [0.1, 0.15) is 0 Å². The van der Waals surface area contributed by atoms with Gasteiger partial charge in [-0.2, -0.15) is 0 Å². The Balaban J connectivity index is 1.43. The van der Waals surface area contributed by atoms with Crippen LogP contribution in [0.25, 0.3) is 34.4 Å². The van der Waals surface area contributed by atoms with E-state index in [4.69, 9.17) is 0 Å². The van der Waals surface area contributed by atoms with Gasteiger partial charge in [-0.25, -0.2) is 0 Å². The maximum atomic E-state index is 2.92. The Bertz CT molecular complexity index is 1710. The Kier molecular flexibility index (Phi) is 7.54. The van der Waals surface area contributed by atoms with Crippen LogP contribution in [0, 0.1) is 13.8 Å². The van der Waals surface area contributed by atoms with Crippen molar-refractivity contribution in [3.05, 3.63) is 130 Å². The Morgan fingerprint density at radius 3 is 1.47 bits per heavy atom. The van der Waals surface area contributed by atoms with Crippen LogP contribution in [0.2, 0.25) is 21.4 Å². The third-order valence-corrected chi connectivity index (χ3v) is 69.9. The van der Waals surface area contributed by atoms with Crippen molar-refractivity contribution in [2.75, 3.05) is 0 Å². The van der Waals surface area contributed by atoms with E-state index in [9.17, 15) is 0 Å². The quantitative estimate of drug-likeness (QED) is 0.179. The number of benzene rings is 4. The van der Waals surface area contributed by atoms with Crippen LogP contribution >= 0.6 is 0 Å². The number of rotatable bonds is 5. The Morgan fingerprint density at radius 2 is 1.02 bits per heavy atom. The molecule has 218 valence electrons. The second-order valence-corrected chi connectivity index (χ2v) is 61.5. The Labute approximate surface area is 260 Å². The first-order valence-corrected chi connectivity index (χ1v) is 35.4. The van der Waals surface area contributed by atoms with Crippen LogP contribution in [0.4, 0.5) is 0 Å². The zero-order valence-corrected chi connectivity index (χ0v) is 31.3. The van der Waals surface area contributed by atoms with Crippen LogP contribution in [0.15, 0.2) is 97.1 Å². The van der Waals surface area contributed by atoms with E-state index < -0.39 is 22.6 Å². The van der Waals surface area contributed by atoms with Crippen molar-refractivity contribution >= 4 is 17.6 Å². The second kappa shape index (κ2) is 11.1. The van der Waals surface area contributed by atoms with E-state index in [1.165, 1.54) is 76.6 Å². The molecule has 0 saturated heterocycles. The molecule has 0 radical (unpaired) electrons. The molecule has 4 aromatic carbocycles. The van der Waals surface area contributed by atoms with Crippen LogP contribution in [-0.4, -0.2) is 5.49 Å². The summed E-state index contributed by atoms with van der Waals surface area (Å²) in [6, 6.07) is 32.7. The number of fused-ring (bicyclic) bond motifs is 2.